The molecule has 124 valence electrons. The van der Waals surface area contributed by atoms with Gasteiger partial charge in [0.15, 0.2) is 5.75 Å². The predicted octanol–water partition coefficient (Wildman–Crippen LogP) is 4.23. The molecule has 0 bridgehead atoms. The lowest BCUT2D eigenvalue weighted by Gasteiger charge is -2.08. The zero-order valence-corrected chi connectivity index (χ0v) is 14.8. The number of fused-ring (bicyclic) bond motifs is 1. The summed E-state index contributed by atoms with van der Waals surface area (Å²) in [5.74, 6) is 0.0312. The monoisotopic (exact) mass is 383 g/mol. The van der Waals surface area contributed by atoms with E-state index in [9.17, 15) is 4.79 Å². The highest BCUT2D eigenvalue weighted by Gasteiger charge is 2.14. The number of rotatable bonds is 4. The zero-order valence-electron chi connectivity index (χ0n) is 12.5. The fraction of sp³-hybridized carbons (Fsp3) is 0.125. The Balaban J connectivity index is 1.75. The first-order valence-corrected chi connectivity index (χ1v) is 8.05. The summed E-state index contributed by atoms with van der Waals surface area (Å²) in [4.78, 5) is 16.7. The second-order valence-electron chi connectivity index (χ2n) is 5.00. The first-order valence-electron chi connectivity index (χ1n) is 6.92. The van der Waals surface area contributed by atoms with Gasteiger partial charge in [0.05, 0.1) is 34.4 Å². The number of methoxy groups -OCH3 is 1. The van der Waals surface area contributed by atoms with E-state index in [1.165, 1.54) is 19.2 Å². The van der Waals surface area contributed by atoms with Crippen LogP contribution in [0.5, 0.6) is 5.75 Å². The van der Waals surface area contributed by atoms with Crippen LogP contribution in [0.3, 0.4) is 0 Å². The van der Waals surface area contributed by atoms with Gasteiger partial charge < -0.3 is 14.5 Å². The molecule has 0 fully saturated rings. The van der Waals surface area contributed by atoms with Crippen LogP contribution in [0.25, 0.3) is 5.65 Å². The van der Waals surface area contributed by atoms with Crippen LogP contribution in [0.1, 0.15) is 16.1 Å². The largest absolute Gasteiger partial charge is 0.494 e. The summed E-state index contributed by atoms with van der Waals surface area (Å²) >= 11 is 18.0. The van der Waals surface area contributed by atoms with Gasteiger partial charge in [0, 0.05) is 18.0 Å². The fourth-order valence-electron chi connectivity index (χ4n) is 2.26. The summed E-state index contributed by atoms with van der Waals surface area (Å²) in [6.07, 6.45) is 3.55. The molecule has 1 N–H and O–H groups in total. The highest BCUT2D eigenvalue weighted by molar-refractivity contribution is 6.37. The van der Waals surface area contributed by atoms with Crippen molar-refractivity contribution in [2.75, 3.05) is 7.11 Å². The van der Waals surface area contributed by atoms with Crippen molar-refractivity contribution < 1.29 is 9.53 Å². The Morgan fingerprint density at radius 1 is 1.21 bits per heavy atom. The highest BCUT2D eigenvalue weighted by Crippen LogP contribution is 2.33. The third-order valence-electron chi connectivity index (χ3n) is 3.36. The first kappa shape index (κ1) is 16.9. The molecule has 2 heterocycles. The van der Waals surface area contributed by atoms with Gasteiger partial charge in [0.25, 0.3) is 5.91 Å². The van der Waals surface area contributed by atoms with Crippen LogP contribution in [0.15, 0.2) is 36.7 Å². The second kappa shape index (κ2) is 6.89. The van der Waals surface area contributed by atoms with Crippen LogP contribution >= 0.6 is 34.8 Å². The SMILES string of the molecule is COc1c(Cl)cc(C(=O)NCc2cn3cc(Cl)ccc3n2)cc1Cl. The molecule has 1 amide bonds. The molecule has 3 aromatic rings. The van der Waals surface area contributed by atoms with Crippen molar-refractivity contribution in [1.29, 1.82) is 0 Å². The van der Waals surface area contributed by atoms with Crippen molar-refractivity contribution in [2.45, 2.75) is 6.54 Å². The van der Waals surface area contributed by atoms with Gasteiger partial charge >= 0.3 is 0 Å². The Labute approximate surface area is 153 Å². The van der Waals surface area contributed by atoms with Crippen LogP contribution in [0.2, 0.25) is 15.1 Å². The Hall–Kier alpha value is -1.95. The van der Waals surface area contributed by atoms with Crippen molar-refractivity contribution in [3.8, 4) is 5.75 Å². The quantitative estimate of drug-likeness (QED) is 0.732. The lowest BCUT2D eigenvalue weighted by molar-refractivity contribution is 0.0950. The van der Waals surface area contributed by atoms with Gasteiger partial charge in [-0.25, -0.2) is 4.98 Å². The van der Waals surface area contributed by atoms with Gasteiger partial charge in [0.1, 0.15) is 5.65 Å². The molecule has 0 saturated carbocycles. The number of carbonyl (C=O) groups excluding carboxylic acids is 1. The molecule has 3 rings (SSSR count). The number of aromatic nitrogens is 2. The normalized spacial score (nSPS) is 10.8. The molecule has 0 aliphatic heterocycles. The molecule has 5 nitrogen and oxygen atoms in total. The number of carbonyl (C=O) groups is 1. The molecule has 2 aromatic heterocycles. The number of hydrogen-bond acceptors (Lipinski definition) is 3. The topological polar surface area (TPSA) is 55.6 Å². The van der Waals surface area contributed by atoms with Crippen molar-refractivity contribution in [2.24, 2.45) is 0 Å². The Kier molecular flexibility index (Phi) is 4.85. The standard InChI is InChI=1S/C16H12Cl3N3O2/c1-24-15-12(18)4-9(5-13(15)19)16(23)20-6-11-8-22-7-10(17)2-3-14(22)21-11/h2-5,7-8H,6H2,1H3,(H,20,23). The molecule has 0 aliphatic rings. The van der Waals surface area contributed by atoms with Crippen molar-refractivity contribution in [3.05, 3.63) is 63.0 Å². The Morgan fingerprint density at radius 3 is 2.58 bits per heavy atom. The molecule has 0 radical (unpaired) electrons. The molecule has 0 unspecified atom stereocenters. The predicted molar refractivity (Wildman–Crippen MR) is 94.4 cm³/mol. The van der Waals surface area contributed by atoms with E-state index < -0.39 is 0 Å². The highest BCUT2D eigenvalue weighted by atomic mass is 35.5. The lowest BCUT2D eigenvalue weighted by Crippen LogP contribution is -2.23. The smallest absolute Gasteiger partial charge is 0.251 e. The van der Waals surface area contributed by atoms with Crippen LogP contribution in [-0.4, -0.2) is 22.4 Å². The van der Waals surface area contributed by atoms with Crippen molar-refractivity contribution >= 4 is 46.4 Å². The van der Waals surface area contributed by atoms with E-state index in [1.54, 1.807) is 28.9 Å². The maximum atomic E-state index is 12.3. The molecule has 24 heavy (non-hydrogen) atoms. The van der Waals surface area contributed by atoms with E-state index in [2.05, 4.69) is 10.3 Å². The van der Waals surface area contributed by atoms with Crippen LogP contribution < -0.4 is 10.1 Å². The average Bonchev–Trinajstić information content (AvgIpc) is 2.94. The fourth-order valence-corrected chi connectivity index (χ4v) is 3.07. The summed E-state index contributed by atoms with van der Waals surface area (Å²) < 4.78 is 6.86. The Bertz CT molecular complexity index is 901. The number of benzene rings is 1. The molecular formula is C16H12Cl3N3O2. The van der Waals surface area contributed by atoms with Crippen molar-refractivity contribution in [1.82, 2.24) is 14.7 Å². The van der Waals surface area contributed by atoms with Gasteiger partial charge in [-0.2, -0.15) is 0 Å². The molecule has 0 saturated heterocycles. The maximum absolute atomic E-state index is 12.3. The summed E-state index contributed by atoms with van der Waals surface area (Å²) in [5, 5.41) is 3.94. The Morgan fingerprint density at radius 2 is 1.92 bits per heavy atom. The zero-order chi connectivity index (χ0) is 17.3. The number of nitrogens with one attached hydrogen (secondary N) is 1. The van der Waals surface area contributed by atoms with Crippen molar-refractivity contribution in [3.63, 3.8) is 0 Å². The first-order chi connectivity index (χ1) is 11.5. The third kappa shape index (κ3) is 3.43. The minimum Gasteiger partial charge on any atom is -0.494 e. The average molecular weight is 385 g/mol. The van der Waals surface area contributed by atoms with Gasteiger partial charge in [-0.05, 0) is 24.3 Å². The summed E-state index contributed by atoms with van der Waals surface area (Å²) in [6, 6.07) is 6.57. The number of pyridine rings is 1. The lowest BCUT2D eigenvalue weighted by atomic mass is 10.2. The van der Waals surface area contributed by atoms with Crippen LogP contribution in [-0.2, 0) is 6.54 Å². The van der Waals surface area contributed by atoms with Gasteiger partial charge in [-0.3, -0.25) is 4.79 Å². The molecular weight excluding hydrogens is 373 g/mol. The number of amides is 1. The van der Waals surface area contributed by atoms with E-state index in [4.69, 9.17) is 39.5 Å². The molecule has 1 aromatic carbocycles. The van der Waals surface area contributed by atoms with Gasteiger partial charge in [-0.1, -0.05) is 34.8 Å². The molecule has 0 spiro atoms. The number of nitrogens with zero attached hydrogens (tertiary/aromatic N) is 2. The summed E-state index contributed by atoms with van der Waals surface area (Å²) in [6.45, 7) is 0.263. The molecule has 8 heteroatoms. The van der Waals surface area contributed by atoms with E-state index in [0.29, 0.717) is 22.0 Å². The number of ether oxygens (including phenoxy) is 1. The third-order valence-corrected chi connectivity index (χ3v) is 4.14. The van der Waals surface area contributed by atoms with E-state index in [-0.39, 0.29) is 22.5 Å². The maximum Gasteiger partial charge on any atom is 0.251 e. The minimum atomic E-state index is -0.309. The minimum absolute atomic E-state index is 0.263. The van der Waals surface area contributed by atoms with E-state index in [0.717, 1.165) is 5.65 Å². The van der Waals surface area contributed by atoms with Gasteiger partial charge in [0.2, 0.25) is 0 Å². The summed E-state index contributed by atoms with van der Waals surface area (Å²) in [5.41, 5.74) is 1.80. The molecule has 0 atom stereocenters. The van der Waals surface area contributed by atoms with E-state index in [1.807, 2.05) is 0 Å². The number of hydrogen-bond donors (Lipinski definition) is 1. The number of halogens is 3. The second-order valence-corrected chi connectivity index (χ2v) is 6.25. The van der Waals surface area contributed by atoms with Gasteiger partial charge in [-0.15, -0.1) is 0 Å². The summed E-state index contributed by atoms with van der Waals surface area (Å²) in [7, 11) is 1.46. The van der Waals surface area contributed by atoms with E-state index >= 15 is 0 Å². The molecule has 0 aliphatic carbocycles. The van der Waals surface area contributed by atoms with Crippen LogP contribution in [0, 0.1) is 0 Å². The van der Waals surface area contributed by atoms with Crippen LogP contribution in [0.4, 0.5) is 0 Å². The number of imidazole rings is 1.